The molecule has 4 rings (SSSR count). The van der Waals surface area contributed by atoms with Gasteiger partial charge < -0.3 is 11.1 Å². The number of nitrogens with zero attached hydrogens (tertiary/aromatic N) is 1. The van der Waals surface area contributed by atoms with E-state index < -0.39 is 5.91 Å². The van der Waals surface area contributed by atoms with Crippen molar-refractivity contribution < 1.29 is 9.59 Å². The van der Waals surface area contributed by atoms with E-state index in [1.54, 1.807) is 23.5 Å². The molecule has 6 heteroatoms. The lowest BCUT2D eigenvalue weighted by Gasteiger charge is -2.17. The van der Waals surface area contributed by atoms with Crippen molar-refractivity contribution in [1.82, 2.24) is 4.98 Å². The summed E-state index contributed by atoms with van der Waals surface area (Å²) in [5.41, 5.74) is 10.7. The molecular formula is C19H15N3O2S. The third kappa shape index (κ3) is 3.04. The maximum Gasteiger partial charge on any atom is 0.248 e. The van der Waals surface area contributed by atoms with E-state index in [0.717, 1.165) is 39.5 Å². The maximum atomic E-state index is 11.5. The maximum absolute atomic E-state index is 11.5. The lowest BCUT2D eigenvalue weighted by molar-refractivity contribution is -0.116. The van der Waals surface area contributed by atoms with Gasteiger partial charge in [0, 0.05) is 34.2 Å². The molecule has 1 aromatic heterocycles. The number of hydrogen-bond acceptors (Lipinski definition) is 4. The summed E-state index contributed by atoms with van der Waals surface area (Å²) in [5, 5.41) is 5.79. The van der Waals surface area contributed by atoms with Crippen LogP contribution in [0.15, 0.2) is 47.8 Å². The summed E-state index contributed by atoms with van der Waals surface area (Å²) in [6.07, 6.45) is 1.27. The number of thiazole rings is 1. The number of primary amides is 1. The molecule has 0 saturated heterocycles. The Morgan fingerprint density at radius 1 is 1.08 bits per heavy atom. The van der Waals surface area contributed by atoms with Crippen LogP contribution in [0.1, 0.15) is 22.3 Å². The zero-order valence-corrected chi connectivity index (χ0v) is 14.1. The van der Waals surface area contributed by atoms with Crippen molar-refractivity contribution in [3.05, 3.63) is 59.0 Å². The molecule has 25 heavy (non-hydrogen) atoms. The van der Waals surface area contributed by atoms with Crippen LogP contribution in [0.25, 0.3) is 21.8 Å². The molecule has 0 saturated carbocycles. The molecule has 1 aliphatic rings. The normalized spacial score (nSPS) is 13.2. The Morgan fingerprint density at radius 3 is 2.60 bits per heavy atom. The minimum absolute atomic E-state index is 0.0654. The molecule has 3 N–H and O–H groups in total. The summed E-state index contributed by atoms with van der Waals surface area (Å²) < 4.78 is 0. The van der Waals surface area contributed by atoms with Crippen LogP contribution >= 0.6 is 11.3 Å². The molecule has 2 heterocycles. The van der Waals surface area contributed by atoms with Crippen LogP contribution in [-0.4, -0.2) is 16.8 Å². The van der Waals surface area contributed by atoms with E-state index in [9.17, 15) is 9.59 Å². The van der Waals surface area contributed by atoms with Gasteiger partial charge in [0.05, 0.1) is 5.69 Å². The fourth-order valence-electron chi connectivity index (χ4n) is 2.86. The van der Waals surface area contributed by atoms with Gasteiger partial charge in [0.15, 0.2) is 0 Å². The number of carbonyl (C=O) groups excluding carboxylic acids is 2. The summed E-state index contributed by atoms with van der Waals surface area (Å²) in [5.74, 6) is -0.372. The zero-order valence-electron chi connectivity index (χ0n) is 13.3. The molecule has 2 amide bonds. The minimum atomic E-state index is -0.437. The van der Waals surface area contributed by atoms with Gasteiger partial charge in [-0.3, -0.25) is 9.59 Å². The quantitative estimate of drug-likeness (QED) is 0.759. The molecule has 3 aromatic rings. The minimum Gasteiger partial charge on any atom is -0.366 e. The first-order valence-electron chi connectivity index (χ1n) is 7.89. The summed E-state index contributed by atoms with van der Waals surface area (Å²) in [4.78, 5) is 27.3. The van der Waals surface area contributed by atoms with Crippen LogP contribution in [0, 0.1) is 0 Å². The second-order valence-electron chi connectivity index (χ2n) is 5.90. The van der Waals surface area contributed by atoms with Gasteiger partial charge in [-0.05, 0) is 36.2 Å². The van der Waals surface area contributed by atoms with Crippen molar-refractivity contribution in [2.45, 2.75) is 12.8 Å². The highest BCUT2D eigenvalue weighted by Crippen LogP contribution is 2.32. The topological polar surface area (TPSA) is 85.1 Å². The summed E-state index contributed by atoms with van der Waals surface area (Å²) in [6, 6.07) is 13.1. The monoisotopic (exact) mass is 349 g/mol. The van der Waals surface area contributed by atoms with Gasteiger partial charge in [-0.1, -0.05) is 18.2 Å². The van der Waals surface area contributed by atoms with Crippen LogP contribution in [0.2, 0.25) is 0 Å². The average Bonchev–Trinajstić information content (AvgIpc) is 3.11. The Morgan fingerprint density at radius 2 is 1.84 bits per heavy atom. The Labute approximate surface area is 148 Å². The van der Waals surface area contributed by atoms with Gasteiger partial charge in [-0.2, -0.15) is 0 Å². The molecule has 0 aliphatic carbocycles. The highest BCUT2D eigenvalue weighted by Gasteiger charge is 2.16. The number of amides is 2. The number of rotatable bonds is 3. The number of anilines is 1. The van der Waals surface area contributed by atoms with Crippen molar-refractivity contribution in [3.8, 4) is 21.8 Å². The SMILES string of the molecule is NC(=O)c1ccc(-c2nc(-c3ccc4c(c3)CCC(=O)N4)cs2)cc1. The Kier molecular flexibility index (Phi) is 3.82. The largest absolute Gasteiger partial charge is 0.366 e. The predicted octanol–water partition coefficient (Wildman–Crippen LogP) is 3.46. The number of fused-ring (bicyclic) bond motifs is 1. The van der Waals surface area contributed by atoms with Crippen LogP contribution in [0.4, 0.5) is 5.69 Å². The van der Waals surface area contributed by atoms with Crippen molar-refractivity contribution in [1.29, 1.82) is 0 Å². The molecule has 0 spiro atoms. The molecule has 0 fully saturated rings. The Hall–Kier alpha value is -2.99. The smallest absolute Gasteiger partial charge is 0.248 e. The first-order valence-corrected chi connectivity index (χ1v) is 8.77. The van der Waals surface area contributed by atoms with E-state index >= 15 is 0 Å². The van der Waals surface area contributed by atoms with E-state index in [0.29, 0.717) is 12.0 Å². The number of aromatic nitrogens is 1. The number of benzene rings is 2. The van der Waals surface area contributed by atoms with Gasteiger partial charge in [0.2, 0.25) is 11.8 Å². The molecular weight excluding hydrogens is 334 g/mol. The predicted molar refractivity (Wildman–Crippen MR) is 98.5 cm³/mol. The Bertz CT molecular complexity index is 977. The van der Waals surface area contributed by atoms with Crippen LogP contribution in [0.3, 0.4) is 0 Å². The molecule has 0 unspecified atom stereocenters. The molecule has 1 aliphatic heterocycles. The summed E-state index contributed by atoms with van der Waals surface area (Å²) in [7, 11) is 0. The van der Waals surface area contributed by atoms with Gasteiger partial charge in [0.25, 0.3) is 0 Å². The fourth-order valence-corrected chi connectivity index (χ4v) is 3.69. The molecule has 0 radical (unpaired) electrons. The number of nitrogens with two attached hydrogens (primary N) is 1. The van der Waals surface area contributed by atoms with E-state index in [4.69, 9.17) is 10.7 Å². The number of carbonyl (C=O) groups is 2. The van der Waals surface area contributed by atoms with Crippen LogP contribution in [-0.2, 0) is 11.2 Å². The summed E-state index contributed by atoms with van der Waals surface area (Å²) >= 11 is 1.55. The van der Waals surface area contributed by atoms with Crippen molar-refractivity contribution in [2.24, 2.45) is 5.73 Å². The molecule has 0 bridgehead atoms. The van der Waals surface area contributed by atoms with E-state index in [1.807, 2.05) is 29.6 Å². The lowest BCUT2D eigenvalue weighted by atomic mass is 9.99. The second kappa shape index (κ2) is 6.14. The number of nitrogens with one attached hydrogen (secondary N) is 1. The van der Waals surface area contributed by atoms with Crippen LogP contribution < -0.4 is 11.1 Å². The van der Waals surface area contributed by atoms with E-state index in [1.165, 1.54) is 0 Å². The second-order valence-corrected chi connectivity index (χ2v) is 6.76. The lowest BCUT2D eigenvalue weighted by Crippen LogP contribution is -2.18. The van der Waals surface area contributed by atoms with E-state index in [2.05, 4.69) is 11.4 Å². The standard InChI is InChI=1S/C19H15N3O2S/c20-18(24)11-1-3-12(4-2-11)19-22-16(10-25-19)14-5-7-15-13(9-14)6-8-17(23)21-15/h1-5,7,9-10H,6,8H2,(H2,20,24)(H,21,23). The third-order valence-corrected chi connectivity index (χ3v) is 5.11. The van der Waals surface area contributed by atoms with E-state index in [-0.39, 0.29) is 5.91 Å². The van der Waals surface area contributed by atoms with Crippen molar-refractivity contribution >= 4 is 28.8 Å². The third-order valence-electron chi connectivity index (χ3n) is 4.22. The van der Waals surface area contributed by atoms with Gasteiger partial charge in [-0.25, -0.2) is 4.98 Å². The fraction of sp³-hybridized carbons (Fsp3) is 0.105. The highest BCUT2D eigenvalue weighted by atomic mass is 32.1. The number of hydrogen-bond donors (Lipinski definition) is 2. The van der Waals surface area contributed by atoms with Gasteiger partial charge in [-0.15, -0.1) is 11.3 Å². The zero-order chi connectivity index (χ0) is 17.4. The van der Waals surface area contributed by atoms with Crippen molar-refractivity contribution in [2.75, 3.05) is 5.32 Å². The van der Waals surface area contributed by atoms with Crippen LogP contribution in [0.5, 0.6) is 0 Å². The molecule has 0 atom stereocenters. The van der Waals surface area contributed by atoms with Gasteiger partial charge in [0.1, 0.15) is 5.01 Å². The molecule has 124 valence electrons. The summed E-state index contributed by atoms with van der Waals surface area (Å²) in [6.45, 7) is 0. The molecule has 5 nitrogen and oxygen atoms in total. The average molecular weight is 349 g/mol. The Balaban J connectivity index is 1.63. The highest BCUT2D eigenvalue weighted by molar-refractivity contribution is 7.13. The van der Waals surface area contributed by atoms with Crippen molar-refractivity contribution in [3.63, 3.8) is 0 Å². The van der Waals surface area contributed by atoms with Gasteiger partial charge >= 0.3 is 0 Å². The number of aryl methyl sites for hydroxylation is 1. The molecule has 2 aromatic carbocycles. The first-order chi connectivity index (χ1) is 12.1. The first kappa shape index (κ1) is 15.5.